The van der Waals surface area contributed by atoms with Gasteiger partial charge < -0.3 is 29.5 Å². The van der Waals surface area contributed by atoms with E-state index >= 15 is 0 Å². The Kier molecular flexibility index (Phi) is 7.22. The fourth-order valence-corrected chi connectivity index (χ4v) is 7.22. The molecule has 9 nitrogen and oxygen atoms in total. The Bertz CT molecular complexity index is 1300. The van der Waals surface area contributed by atoms with Gasteiger partial charge in [-0.25, -0.2) is 0 Å². The molecule has 0 saturated carbocycles. The second kappa shape index (κ2) is 10.4. The molecule has 2 amide bonds. The lowest BCUT2D eigenvalue weighted by Crippen LogP contribution is -2.59. The number of likely N-dealkylation sites (tertiary alicyclic amines) is 1. The predicted octanol–water partition coefficient (Wildman–Crippen LogP) is 2.91. The number of amides is 2. The molecule has 2 aromatic rings. The topological polar surface area (TPSA) is 117 Å². The molecule has 0 radical (unpaired) electrons. The number of carbonyl (C=O) groups excluding carboxylic acids is 2. The first kappa shape index (κ1) is 27.9. The van der Waals surface area contributed by atoms with E-state index in [2.05, 4.69) is 6.58 Å². The van der Waals surface area contributed by atoms with Gasteiger partial charge in [-0.2, -0.15) is 0 Å². The van der Waals surface area contributed by atoms with Crippen molar-refractivity contribution >= 4 is 23.5 Å². The maximum atomic E-state index is 14.7. The zero-order chi connectivity index (χ0) is 28.8. The molecule has 1 spiro atoms. The molecule has 2 aromatic carbocycles. The summed E-state index contributed by atoms with van der Waals surface area (Å²) >= 11 is 0. The van der Waals surface area contributed by atoms with Crippen molar-refractivity contribution < 1.29 is 34.1 Å². The molecule has 3 heterocycles. The van der Waals surface area contributed by atoms with Crippen LogP contribution in [0, 0.1) is 17.8 Å². The molecule has 5 rings (SSSR count). The zero-order valence-corrected chi connectivity index (χ0v) is 23.0. The predicted molar refractivity (Wildman–Crippen MR) is 148 cm³/mol. The highest BCUT2D eigenvalue weighted by Gasteiger charge is 2.80. The molecule has 7 atom stereocenters. The molecule has 0 aliphatic carbocycles. The van der Waals surface area contributed by atoms with Crippen molar-refractivity contribution in [2.24, 2.45) is 17.8 Å². The van der Waals surface area contributed by atoms with Crippen LogP contribution >= 0.6 is 0 Å². The summed E-state index contributed by atoms with van der Waals surface area (Å²) in [6, 6.07) is 14.5. The number of aliphatic carboxylic acids is 1. The van der Waals surface area contributed by atoms with Crippen LogP contribution in [0.3, 0.4) is 0 Å². The van der Waals surface area contributed by atoms with Crippen molar-refractivity contribution in [1.82, 2.24) is 4.90 Å². The van der Waals surface area contributed by atoms with E-state index in [1.807, 2.05) is 37.3 Å². The van der Waals surface area contributed by atoms with Crippen LogP contribution in [0.2, 0.25) is 0 Å². The summed E-state index contributed by atoms with van der Waals surface area (Å²) < 4.78 is 11.9. The Labute approximate surface area is 234 Å². The molecule has 3 aliphatic heterocycles. The third kappa shape index (κ3) is 4.10. The van der Waals surface area contributed by atoms with E-state index in [9.17, 15) is 24.6 Å². The van der Waals surface area contributed by atoms with Gasteiger partial charge in [-0.05, 0) is 55.5 Å². The van der Waals surface area contributed by atoms with Gasteiger partial charge in [0.25, 0.3) is 5.91 Å². The monoisotopic (exact) mass is 548 g/mol. The fourth-order valence-electron chi connectivity index (χ4n) is 7.22. The molecule has 2 N–H and O–H groups in total. The average molecular weight is 549 g/mol. The summed E-state index contributed by atoms with van der Waals surface area (Å²) in [7, 11) is 1.55. The molecular weight excluding hydrogens is 512 g/mol. The minimum atomic E-state index is -1.35. The van der Waals surface area contributed by atoms with Crippen molar-refractivity contribution in [1.29, 1.82) is 0 Å². The molecule has 2 bridgehead atoms. The smallest absolute Gasteiger partial charge is 0.310 e. The van der Waals surface area contributed by atoms with Crippen LogP contribution < -0.4 is 9.64 Å². The van der Waals surface area contributed by atoms with E-state index in [1.54, 1.807) is 44.4 Å². The first-order valence-corrected chi connectivity index (χ1v) is 13.6. The lowest BCUT2D eigenvalue weighted by atomic mass is 9.62. The standard InChI is InChI=1S/C31H36N2O7/c1-5-15-32(21-11-13-23(39-4)14-12-21)28(36)26-31-17-19(2)30(3,40-31)25(29(37)38)24(31)27(35)33(26)22(18-34)16-20-9-7-6-8-10-20/h5-14,19,22,24-26,34H,1,15-18H2,2-4H3,(H,37,38)/t19?,22-,24+,25+,26?,30-,31?/m1/s1. The third-order valence-electron chi connectivity index (χ3n) is 9.13. The Hall–Kier alpha value is -3.69. The highest BCUT2D eigenvalue weighted by Crippen LogP contribution is 2.65. The summed E-state index contributed by atoms with van der Waals surface area (Å²) in [6.07, 6.45) is 2.25. The molecule has 3 fully saturated rings. The second-order valence-electron chi connectivity index (χ2n) is 11.2. The van der Waals surface area contributed by atoms with E-state index in [0.717, 1.165) is 5.56 Å². The SMILES string of the molecule is C=CCN(C(=O)C1N([C@@H](CO)Cc2ccccc2)C(=O)[C@@H]2[C@@H](C(=O)O)[C@]3(C)OC12CC3C)c1ccc(OC)cc1. The number of hydrogen-bond acceptors (Lipinski definition) is 6. The van der Waals surface area contributed by atoms with Gasteiger partial charge >= 0.3 is 5.97 Å². The molecule has 3 saturated heterocycles. The number of anilines is 1. The van der Waals surface area contributed by atoms with Crippen molar-refractivity contribution in [3.05, 3.63) is 72.8 Å². The van der Waals surface area contributed by atoms with Crippen LogP contribution in [0.5, 0.6) is 5.75 Å². The number of carbonyl (C=O) groups is 3. The normalized spacial score (nSPS) is 31.1. The van der Waals surface area contributed by atoms with E-state index in [4.69, 9.17) is 9.47 Å². The van der Waals surface area contributed by atoms with Gasteiger partial charge in [-0.1, -0.05) is 43.3 Å². The molecule has 9 heteroatoms. The number of hydrogen-bond donors (Lipinski definition) is 2. The molecular formula is C31H36N2O7. The Morgan fingerprint density at radius 2 is 1.90 bits per heavy atom. The first-order chi connectivity index (χ1) is 19.1. The van der Waals surface area contributed by atoms with Gasteiger partial charge in [0.05, 0.1) is 31.3 Å². The van der Waals surface area contributed by atoms with E-state index in [0.29, 0.717) is 24.3 Å². The number of aliphatic hydroxyl groups is 1. The quantitative estimate of drug-likeness (QED) is 0.439. The number of aliphatic hydroxyl groups excluding tert-OH is 1. The van der Waals surface area contributed by atoms with Gasteiger partial charge in [-0.15, -0.1) is 6.58 Å². The lowest BCUT2D eigenvalue weighted by molar-refractivity contribution is -0.157. The summed E-state index contributed by atoms with van der Waals surface area (Å²) in [6.45, 7) is 7.23. The molecule has 3 unspecified atom stereocenters. The average Bonchev–Trinajstić information content (AvgIpc) is 3.47. The van der Waals surface area contributed by atoms with Crippen LogP contribution in [0.15, 0.2) is 67.3 Å². The van der Waals surface area contributed by atoms with Crippen LogP contribution in [-0.2, 0) is 25.5 Å². The van der Waals surface area contributed by atoms with Gasteiger partial charge in [0, 0.05) is 12.2 Å². The largest absolute Gasteiger partial charge is 0.497 e. The maximum Gasteiger partial charge on any atom is 0.310 e. The maximum absolute atomic E-state index is 14.7. The second-order valence-corrected chi connectivity index (χ2v) is 11.2. The third-order valence-corrected chi connectivity index (χ3v) is 9.13. The highest BCUT2D eigenvalue weighted by molar-refractivity contribution is 6.05. The number of fused-ring (bicyclic) bond motifs is 1. The fraction of sp³-hybridized carbons (Fsp3) is 0.452. The Balaban J connectivity index is 1.64. The van der Waals surface area contributed by atoms with Crippen LogP contribution in [0.4, 0.5) is 5.69 Å². The van der Waals surface area contributed by atoms with E-state index in [-0.39, 0.29) is 12.5 Å². The number of benzene rings is 2. The van der Waals surface area contributed by atoms with Gasteiger partial charge in [0.2, 0.25) is 5.91 Å². The number of methoxy groups -OCH3 is 1. The number of nitrogens with zero attached hydrogens (tertiary/aromatic N) is 2. The molecule has 3 aliphatic rings. The van der Waals surface area contributed by atoms with Gasteiger partial charge in [-0.3, -0.25) is 14.4 Å². The number of rotatable bonds is 10. The van der Waals surface area contributed by atoms with Crippen molar-refractivity contribution in [3.8, 4) is 5.75 Å². The first-order valence-electron chi connectivity index (χ1n) is 13.6. The summed E-state index contributed by atoms with van der Waals surface area (Å²) in [5.74, 6) is -3.74. The van der Waals surface area contributed by atoms with Crippen LogP contribution in [-0.4, -0.2) is 76.4 Å². The molecule has 212 valence electrons. The van der Waals surface area contributed by atoms with Crippen LogP contribution in [0.1, 0.15) is 25.8 Å². The Morgan fingerprint density at radius 1 is 1.23 bits per heavy atom. The van der Waals surface area contributed by atoms with E-state index in [1.165, 1.54) is 9.80 Å². The Morgan fingerprint density at radius 3 is 2.48 bits per heavy atom. The van der Waals surface area contributed by atoms with Gasteiger partial charge in [0.1, 0.15) is 23.3 Å². The zero-order valence-electron chi connectivity index (χ0n) is 23.0. The summed E-state index contributed by atoms with van der Waals surface area (Å²) in [4.78, 5) is 44.6. The van der Waals surface area contributed by atoms with Crippen molar-refractivity contribution in [3.63, 3.8) is 0 Å². The minimum Gasteiger partial charge on any atom is -0.497 e. The van der Waals surface area contributed by atoms with Crippen LogP contribution in [0.25, 0.3) is 0 Å². The van der Waals surface area contributed by atoms with E-state index < -0.39 is 59.5 Å². The summed E-state index contributed by atoms with van der Waals surface area (Å²) in [5.41, 5.74) is -0.993. The van der Waals surface area contributed by atoms with Crippen molar-refractivity contribution in [2.75, 3.05) is 25.2 Å². The lowest BCUT2D eigenvalue weighted by Gasteiger charge is -2.39. The number of ether oxygens (including phenoxy) is 2. The molecule has 0 aromatic heterocycles. The number of carboxylic acid groups (broad SMARTS) is 1. The summed E-state index contributed by atoms with van der Waals surface area (Å²) in [5, 5.41) is 20.9. The highest BCUT2D eigenvalue weighted by atomic mass is 16.5. The number of carboxylic acids is 1. The minimum absolute atomic E-state index is 0.155. The van der Waals surface area contributed by atoms with Gasteiger partial charge in [0.15, 0.2) is 0 Å². The van der Waals surface area contributed by atoms with Crippen molar-refractivity contribution in [2.45, 2.75) is 50.0 Å². The molecule has 40 heavy (non-hydrogen) atoms.